The van der Waals surface area contributed by atoms with Crippen LogP contribution in [0, 0.1) is 5.92 Å². The zero-order valence-corrected chi connectivity index (χ0v) is 11.4. The fraction of sp³-hybridized carbons (Fsp3) is 1.00. The molecule has 0 bridgehead atoms. The van der Waals surface area contributed by atoms with Crippen LogP contribution in [-0.2, 0) is 15.5 Å². The molecule has 2 aliphatic rings. The summed E-state index contributed by atoms with van der Waals surface area (Å²) in [4.78, 5) is 0. The number of hydrogen-bond acceptors (Lipinski definition) is 3. The molecule has 3 atom stereocenters. The van der Waals surface area contributed by atoms with Gasteiger partial charge in [-0.3, -0.25) is 4.21 Å². The average molecular weight is 259 g/mol. The molecule has 1 saturated heterocycles. The Labute approximate surface area is 107 Å². The molecule has 17 heavy (non-hydrogen) atoms. The van der Waals surface area contributed by atoms with Crippen LogP contribution in [0.4, 0.5) is 0 Å². The lowest BCUT2D eigenvalue weighted by Crippen LogP contribution is -2.37. The lowest BCUT2D eigenvalue weighted by Gasteiger charge is -2.27. The molecule has 0 spiro atoms. The van der Waals surface area contributed by atoms with Gasteiger partial charge in [0.05, 0.1) is 6.10 Å². The first-order chi connectivity index (χ1) is 8.25. The molecule has 0 aromatic heterocycles. The molecule has 2 N–H and O–H groups in total. The minimum absolute atomic E-state index is 0.137. The van der Waals surface area contributed by atoms with Gasteiger partial charge in [0, 0.05) is 35.0 Å². The Morgan fingerprint density at radius 1 is 1.18 bits per heavy atom. The largest absolute Gasteiger partial charge is 0.377 e. The Hall–Kier alpha value is 0.0700. The van der Waals surface area contributed by atoms with Gasteiger partial charge < -0.3 is 10.5 Å². The second-order valence-electron chi connectivity index (χ2n) is 5.47. The van der Waals surface area contributed by atoms with Gasteiger partial charge in [0.2, 0.25) is 0 Å². The molecule has 4 heteroatoms. The lowest BCUT2D eigenvalue weighted by atomic mass is 9.85. The van der Waals surface area contributed by atoms with Crippen LogP contribution >= 0.6 is 0 Å². The van der Waals surface area contributed by atoms with E-state index in [4.69, 9.17) is 10.5 Å². The summed E-state index contributed by atoms with van der Waals surface area (Å²) >= 11 is 0. The maximum absolute atomic E-state index is 12.0. The summed E-state index contributed by atoms with van der Waals surface area (Å²) < 4.78 is 17.5. The van der Waals surface area contributed by atoms with Gasteiger partial charge in [-0.25, -0.2) is 0 Å². The van der Waals surface area contributed by atoms with Crippen molar-refractivity contribution in [2.45, 2.75) is 57.1 Å². The molecule has 0 aromatic rings. The van der Waals surface area contributed by atoms with E-state index in [-0.39, 0.29) is 12.1 Å². The van der Waals surface area contributed by atoms with E-state index in [0.717, 1.165) is 19.4 Å². The van der Waals surface area contributed by atoms with E-state index in [0.29, 0.717) is 17.4 Å². The molecular formula is C13H25NO2S. The normalized spacial score (nSPS) is 30.3. The van der Waals surface area contributed by atoms with Crippen molar-refractivity contribution >= 4 is 10.8 Å². The monoisotopic (exact) mass is 259 g/mol. The summed E-state index contributed by atoms with van der Waals surface area (Å²) in [6, 6.07) is 0.137. The Morgan fingerprint density at radius 2 is 1.94 bits per heavy atom. The van der Waals surface area contributed by atoms with E-state index in [1.54, 1.807) is 0 Å². The van der Waals surface area contributed by atoms with Crippen LogP contribution in [-0.4, -0.2) is 34.5 Å². The molecule has 2 fully saturated rings. The highest BCUT2D eigenvalue weighted by Gasteiger charge is 2.24. The molecule has 1 aliphatic heterocycles. The molecular weight excluding hydrogens is 234 g/mol. The summed E-state index contributed by atoms with van der Waals surface area (Å²) in [5, 5.41) is 0. The maximum Gasteiger partial charge on any atom is 0.0691 e. The smallest absolute Gasteiger partial charge is 0.0691 e. The first-order valence-corrected chi connectivity index (χ1v) is 8.46. The summed E-state index contributed by atoms with van der Waals surface area (Å²) in [6.07, 6.45) is 8.85. The van der Waals surface area contributed by atoms with E-state index in [2.05, 4.69) is 0 Å². The van der Waals surface area contributed by atoms with E-state index in [9.17, 15) is 4.21 Å². The topological polar surface area (TPSA) is 52.3 Å². The van der Waals surface area contributed by atoms with Crippen molar-refractivity contribution in [1.29, 1.82) is 0 Å². The van der Waals surface area contributed by atoms with Crippen LogP contribution in [0.15, 0.2) is 0 Å². The van der Waals surface area contributed by atoms with Crippen LogP contribution in [0.2, 0.25) is 0 Å². The molecule has 3 nitrogen and oxygen atoms in total. The Bertz CT molecular complexity index is 248. The molecule has 2 rings (SSSR count). The Morgan fingerprint density at radius 3 is 2.59 bits per heavy atom. The maximum atomic E-state index is 12.0. The van der Waals surface area contributed by atoms with E-state index in [1.165, 1.54) is 32.1 Å². The highest BCUT2D eigenvalue weighted by atomic mass is 32.2. The molecule has 1 aliphatic carbocycles. The summed E-state index contributed by atoms with van der Waals surface area (Å²) in [6.45, 7) is 0.844. The van der Waals surface area contributed by atoms with Gasteiger partial charge >= 0.3 is 0 Å². The third kappa shape index (κ3) is 4.34. The van der Waals surface area contributed by atoms with Gasteiger partial charge in [-0.1, -0.05) is 19.3 Å². The number of rotatable bonds is 5. The van der Waals surface area contributed by atoms with Crippen LogP contribution < -0.4 is 5.73 Å². The van der Waals surface area contributed by atoms with Crippen molar-refractivity contribution in [2.75, 3.05) is 18.1 Å². The standard InChI is InChI=1S/C13H25NO2S/c14-13(11-5-2-1-3-6-11)10-17(15)9-12-7-4-8-16-12/h11-13H,1-10,14H2. The van der Waals surface area contributed by atoms with E-state index >= 15 is 0 Å². The van der Waals surface area contributed by atoms with Crippen LogP contribution in [0.3, 0.4) is 0 Å². The third-order valence-electron chi connectivity index (χ3n) is 4.03. The highest BCUT2D eigenvalue weighted by Crippen LogP contribution is 2.26. The predicted octanol–water partition coefficient (Wildman–Crippen LogP) is 1.82. The number of nitrogens with two attached hydrogens (primary N) is 1. The molecule has 0 amide bonds. The Balaban J connectivity index is 1.69. The lowest BCUT2D eigenvalue weighted by molar-refractivity contribution is 0.128. The molecule has 1 saturated carbocycles. The predicted molar refractivity (Wildman–Crippen MR) is 71.4 cm³/mol. The van der Waals surface area contributed by atoms with Crippen molar-refractivity contribution in [3.8, 4) is 0 Å². The fourth-order valence-electron chi connectivity index (χ4n) is 2.96. The third-order valence-corrected chi connectivity index (χ3v) is 5.53. The van der Waals surface area contributed by atoms with E-state index in [1.807, 2.05) is 0 Å². The van der Waals surface area contributed by atoms with Crippen molar-refractivity contribution in [1.82, 2.24) is 0 Å². The van der Waals surface area contributed by atoms with Crippen LogP contribution in [0.5, 0.6) is 0 Å². The summed E-state index contributed by atoms with van der Waals surface area (Å²) in [5.41, 5.74) is 6.19. The SMILES string of the molecule is NC(CS(=O)CC1CCCO1)C1CCCCC1. The van der Waals surface area contributed by atoms with Gasteiger partial charge in [-0.15, -0.1) is 0 Å². The zero-order valence-electron chi connectivity index (χ0n) is 10.6. The first kappa shape index (κ1) is 13.5. The second-order valence-corrected chi connectivity index (χ2v) is 7.02. The molecule has 0 radical (unpaired) electrons. The van der Waals surface area contributed by atoms with Crippen molar-refractivity contribution < 1.29 is 8.95 Å². The van der Waals surface area contributed by atoms with Crippen molar-refractivity contribution in [2.24, 2.45) is 11.7 Å². The van der Waals surface area contributed by atoms with Crippen molar-refractivity contribution in [3.05, 3.63) is 0 Å². The minimum Gasteiger partial charge on any atom is -0.377 e. The molecule has 3 unspecified atom stereocenters. The van der Waals surface area contributed by atoms with Gasteiger partial charge in [0.25, 0.3) is 0 Å². The van der Waals surface area contributed by atoms with Gasteiger partial charge in [0.1, 0.15) is 0 Å². The average Bonchev–Trinajstić information content (AvgIpc) is 2.82. The van der Waals surface area contributed by atoms with E-state index < -0.39 is 10.8 Å². The number of hydrogen-bond donors (Lipinski definition) is 1. The first-order valence-electron chi connectivity index (χ1n) is 6.98. The summed E-state index contributed by atoms with van der Waals surface area (Å²) in [7, 11) is -0.792. The highest BCUT2D eigenvalue weighted by molar-refractivity contribution is 7.85. The van der Waals surface area contributed by atoms with Gasteiger partial charge in [-0.05, 0) is 31.6 Å². The molecule has 100 valence electrons. The minimum atomic E-state index is -0.792. The molecule has 1 heterocycles. The van der Waals surface area contributed by atoms with Crippen molar-refractivity contribution in [3.63, 3.8) is 0 Å². The zero-order chi connectivity index (χ0) is 12.1. The van der Waals surface area contributed by atoms with Crippen LogP contribution in [0.1, 0.15) is 44.9 Å². The quantitative estimate of drug-likeness (QED) is 0.819. The van der Waals surface area contributed by atoms with Gasteiger partial charge in [0.15, 0.2) is 0 Å². The number of ether oxygens (including phenoxy) is 1. The Kier molecular flexibility index (Phi) is 5.45. The summed E-state index contributed by atoms with van der Waals surface area (Å²) in [5.74, 6) is 1.97. The molecule has 0 aromatic carbocycles. The van der Waals surface area contributed by atoms with Crippen LogP contribution in [0.25, 0.3) is 0 Å². The fourth-order valence-corrected chi connectivity index (χ4v) is 4.48. The van der Waals surface area contributed by atoms with Gasteiger partial charge in [-0.2, -0.15) is 0 Å². The second kappa shape index (κ2) is 6.86.